The zero-order valence-electron chi connectivity index (χ0n) is 10.3. The third kappa shape index (κ3) is 2.04. The molecule has 0 saturated carbocycles. The minimum atomic E-state index is -4.27. The molecule has 2 aliphatic rings. The van der Waals surface area contributed by atoms with E-state index in [-0.39, 0.29) is 0 Å². The Morgan fingerprint density at radius 2 is 2.16 bits per heavy atom. The van der Waals surface area contributed by atoms with Crippen LogP contribution in [0.25, 0.3) is 0 Å². The van der Waals surface area contributed by atoms with E-state index in [2.05, 4.69) is 5.32 Å². The molecule has 104 valence electrons. The van der Waals surface area contributed by atoms with Crippen molar-refractivity contribution in [1.29, 1.82) is 0 Å². The lowest BCUT2D eigenvalue weighted by atomic mass is 9.84. The van der Waals surface area contributed by atoms with Crippen molar-refractivity contribution in [3.05, 3.63) is 23.8 Å². The summed E-state index contributed by atoms with van der Waals surface area (Å²) in [5.41, 5.74) is 1.23. The van der Waals surface area contributed by atoms with Gasteiger partial charge in [0.2, 0.25) is 0 Å². The van der Waals surface area contributed by atoms with Gasteiger partial charge in [0.25, 0.3) is 0 Å². The zero-order chi connectivity index (χ0) is 13.6. The van der Waals surface area contributed by atoms with Crippen molar-refractivity contribution < 1.29 is 22.6 Å². The summed E-state index contributed by atoms with van der Waals surface area (Å²) < 4.78 is 49.9. The van der Waals surface area contributed by atoms with Crippen LogP contribution in [0, 0.1) is 5.92 Å². The fourth-order valence-corrected chi connectivity index (χ4v) is 2.90. The second-order valence-corrected chi connectivity index (χ2v) is 4.86. The number of nitrogens with one attached hydrogen (secondary N) is 1. The van der Waals surface area contributed by atoms with Gasteiger partial charge >= 0.3 is 6.18 Å². The normalized spacial score (nSPS) is 29.4. The first-order valence-corrected chi connectivity index (χ1v) is 6.13. The van der Waals surface area contributed by atoms with Crippen molar-refractivity contribution in [2.24, 2.45) is 5.92 Å². The van der Waals surface area contributed by atoms with Gasteiger partial charge in [-0.05, 0) is 24.6 Å². The summed E-state index contributed by atoms with van der Waals surface area (Å²) >= 11 is 0. The Morgan fingerprint density at radius 1 is 1.37 bits per heavy atom. The number of fused-ring (bicyclic) bond motifs is 3. The van der Waals surface area contributed by atoms with Crippen LogP contribution in [-0.4, -0.2) is 25.9 Å². The van der Waals surface area contributed by atoms with E-state index in [4.69, 9.17) is 9.47 Å². The minimum absolute atomic E-state index is 0.361. The zero-order valence-corrected chi connectivity index (χ0v) is 10.3. The molecule has 3 nitrogen and oxygen atoms in total. The van der Waals surface area contributed by atoms with Crippen LogP contribution < -0.4 is 10.1 Å². The van der Waals surface area contributed by atoms with E-state index in [9.17, 15) is 13.2 Å². The molecule has 0 amide bonds. The van der Waals surface area contributed by atoms with Gasteiger partial charge in [0.1, 0.15) is 11.8 Å². The van der Waals surface area contributed by atoms with Crippen LogP contribution >= 0.6 is 0 Å². The molecule has 3 rings (SSSR count). The van der Waals surface area contributed by atoms with Crippen LogP contribution in [0.1, 0.15) is 18.1 Å². The number of benzene rings is 1. The lowest BCUT2D eigenvalue weighted by Gasteiger charge is -2.37. The summed E-state index contributed by atoms with van der Waals surface area (Å²) in [7, 11) is 1.53. The number of hydrogen-bond acceptors (Lipinski definition) is 3. The van der Waals surface area contributed by atoms with Crippen molar-refractivity contribution in [1.82, 2.24) is 0 Å². The highest BCUT2D eigenvalue weighted by molar-refractivity contribution is 5.59. The van der Waals surface area contributed by atoms with Crippen molar-refractivity contribution in [2.75, 3.05) is 19.0 Å². The first kappa shape index (κ1) is 12.6. The van der Waals surface area contributed by atoms with Gasteiger partial charge in [-0.3, -0.25) is 0 Å². The maximum atomic E-state index is 13.1. The standard InChI is InChI=1S/C13H14F3NO2/c1-18-7-2-3-10-9(6-7)11-8(4-5-19-11)12(17-10)13(14,15)16/h2-3,6,8,11-12,17H,4-5H2,1H3/t8-,11+,12+/m0/s1. The SMILES string of the molecule is COc1ccc2c(c1)[C@@H]1OCC[C@@H]1[C@H](C(F)(F)F)N2. The molecule has 1 aromatic rings. The molecular weight excluding hydrogens is 259 g/mol. The molecule has 2 aliphatic heterocycles. The Bertz CT molecular complexity index is 489. The molecule has 0 aromatic heterocycles. The maximum Gasteiger partial charge on any atom is 0.408 e. The predicted octanol–water partition coefficient (Wildman–Crippen LogP) is 3.13. The number of methoxy groups -OCH3 is 1. The van der Waals surface area contributed by atoms with Gasteiger partial charge in [0.05, 0.1) is 13.2 Å². The number of halogens is 3. The first-order chi connectivity index (χ1) is 9.00. The van der Waals surface area contributed by atoms with Gasteiger partial charge in [0.15, 0.2) is 0 Å². The summed E-state index contributed by atoms with van der Waals surface area (Å²) in [6.07, 6.45) is -4.36. The Labute approximate surface area is 108 Å². The monoisotopic (exact) mass is 273 g/mol. The van der Waals surface area contributed by atoms with Crippen molar-refractivity contribution in [2.45, 2.75) is 24.7 Å². The highest BCUT2D eigenvalue weighted by Crippen LogP contribution is 2.49. The van der Waals surface area contributed by atoms with Crippen molar-refractivity contribution in [3.8, 4) is 5.75 Å². The lowest BCUT2D eigenvalue weighted by Crippen LogP contribution is -2.46. The van der Waals surface area contributed by atoms with Gasteiger partial charge < -0.3 is 14.8 Å². The molecule has 3 atom stereocenters. The van der Waals surface area contributed by atoms with Gasteiger partial charge in [-0.15, -0.1) is 0 Å². The van der Waals surface area contributed by atoms with E-state index in [1.807, 2.05) is 0 Å². The summed E-state index contributed by atoms with van der Waals surface area (Å²) in [5.74, 6) is 0.0554. The molecule has 1 saturated heterocycles. The topological polar surface area (TPSA) is 30.5 Å². The van der Waals surface area contributed by atoms with Gasteiger partial charge in [-0.25, -0.2) is 0 Å². The highest BCUT2D eigenvalue weighted by Gasteiger charge is 2.52. The smallest absolute Gasteiger partial charge is 0.408 e. The van der Waals surface area contributed by atoms with E-state index in [1.54, 1.807) is 18.2 Å². The maximum absolute atomic E-state index is 13.1. The average Bonchev–Trinajstić information content (AvgIpc) is 2.85. The number of anilines is 1. The highest BCUT2D eigenvalue weighted by atomic mass is 19.4. The van der Waals surface area contributed by atoms with E-state index in [1.165, 1.54) is 7.11 Å². The van der Waals surface area contributed by atoms with Gasteiger partial charge in [0, 0.05) is 23.8 Å². The molecule has 1 N–H and O–H groups in total. The Morgan fingerprint density at radius 3 is 2.84 bits per heavy atom. The van der Waals surface area contributed by atoms with Crippen molar-refractivity contribution >= 4 is 5.69 Å². The van der Waals surface area contributed by atoms with Crippen LogP contribution in [0.4, 0.5) is 18.9 Å². The molecule has 6 heteroatoms. The third-order valence-corrected chi connectivity index (χ3v) is 3.79. The quantitative estimate of drug-likeness (QED) is 0.852. The van der Waals surface area contributed by atoms with E-state index in [0.717, 1.165) is 5.56 Å². The van der Waals surface area contributed by atoms with Crippen LogP contribution in [0.3, 0.4) is 0 Å². The molecule has 1 fully saturated rings. The molecule has 19 heavy (non-hydrogen) atoms. The third-order valence-electron chi connectivity index (χ3n) is 3.79. The summed E-state index contributed by atoms with van der Waals surface area (Å²) in [6, 6.07) is 3.47. The fourth-order valence-electron chi connectivity index (χ4n) is 2.90. The van der Waals surface area contributed by atoms with E-state index >= 15 is 0 Å². The second kappa shape index (κ2) is 4.30. The van der Waals surface area contributed by atoms with Crippen LogP contribution in [0.15, 0.2) is 18.2 Å². The Balaban J connectivity index is 2.03. The molecule has 0 aliphatic carbocycles. The number of hydrogen-bond donors (Lipinski definition) is 1. The molecule has 0 bridgehead atoms. The second-order valence-electron chi connectivity index (χ2n) is 4.86. The van der Waals surface area contributed by atoms with Crippen LogP contribution in [-0.2, 0) is 4.74 Å². The summed E-state index contributed by atoms with van der Waals surface area (Å²) in [6.45, 7) is 0.361. The largest absolute Gasteiger partial charge is 0.497 e. The summed E-state index contributed by atoms with van der Waals surface area (Å²) in [4.78, 5) is 0. The Kier molecular flexibility index (Phi) is 2.85. The lowest BCUT2D eigenvalue weighted by molar-refractivity contribution is -0.159. The van der Waals surface area contributed by atoms with Crippen LogP contribution in [0.2, 0.25) is 0 Å². The number of alkyl halides is 3. The molecule has 2 heterocycles. The molecule has 1 aromatic carbocycles. The van der Waals surface area contributed by atoms with Crippen molar-refractivity contribution in [3.63, 3.8) is 0 Å². The molecule has 0 unspecified atom stereocenters. The number of rotatable bonds is 1. The van der Waals surface area contributed by atoms with E-state index in [0.29, 0.717) is 24.5 Å². The van der Waals surface area contributed by atoms with E-state index < -0.39 is 24.2 Å². The molecular formula is C13H14F3NO2. The minimum Gasteiger partial charge on any atom is -0.497 e. The number of ether oxygens (including phenoxy) is 2. The predicted molar refractivity (Wildman–Crippen MR) is 63.3 cm³/mol. The van der Waals surface area contributed by atoms with Gasteiger partial charge in [-0.2, -0.15) is 13.2 Å². The van der Waals surface area contributed by atoms with Gasteiger partial charge in [-0.1, -0.05) is 0 Å². The first-order valence-electron chi connectivity index (χ1n) is 6.13. The average molecular weight is 273 g/mol. The summed E-state index contributed by atoms with van der Waals surface area (Å²) in [5, 5.41) is 2.60. The Hall–Kier alpha value is -1.43. The van der Waals surface area contributed by atoms with Crippen LogP contribution in [0.5, 0.6) is 5.75 Å². The fraction of sp³-hybridized carbons (Fsp3) is 0.538. The molecule has 0 spiro atoms. The molecule has 0 radical (unpaired) electrons.